The molecule has 0 aromatic carbocycles. The third kappa shape index (κ3) is 1.19. The van der Waals surface area contributed by atoms with Crippen molar-refractivity contribution < 1.29 is 14.9 Å². The number of ether oxygens (including phenoxy) is 1. The smallest absolute Gasteiger partial charge is 0.181 e. The van der Waals surface area contributed by atoms with Crippen LogP contribution in [0.5, 0.6) is 0 Å². The van der Waals surface area contributed by atoms with Gasteiger partial charge in [-0.15, -0.1) is 0 Å². The maximum absolute atomic E-state index is 8.95. The molecule has 2 N–H and O–H groups in total. The third-order valence-electron chi connectivity index (χ3n) is 1.32. The van der Waals surface area contributed by atoms with Gasteiger partial charge < -0.3 is 14.9 Å². The second-order valence-electron chi connectivity index (χ2n) is 1.99. The highest BCUT2D eigenvalue weighted by molar-refractivity contribution is 4.83. The molecule has 1 aliphatic rings. The van der Waals surface area contributed by atoms with Gasteiger partial charge in [0.25, 0.3) is 0 Å². The van der Waals surface area contributed by atoms with Crippen molar-refractivity contribution >= 4 is 0 Å². The Labute approximate surface area is 56.7 Å². The largest absolute Gasteiger partial charge is 0.387 e. The highest BCUT2D eigenvalue weighted by atomic mass is 16.6. The molecular formula is C4H7N3O3. The fraction of sp³-hybridized carbons (Fsp3) is 1.00. The van der Waals surface area contributed by atoms with Crippen LogP contribution in [-0.4, -0.2) is 35.3 Å². The maximum Gasteiger partial charge on any atom is 0.181 e. The average molecular weight is 145 g/mol. The summed E-state index contributed by atoms with van der Waals surface area (Å²) < 4.78 is 4.57. The molecule has 1 aliphatic heterocycles. The highest BCUT2D eigenvalue weighted by Gasteiger charge is 2.33. The lowest BCUT2D eigenvalue weighted by Crippen LogP contribution is -2.27. The molecule has 0 aromatic rings. The van der Waals surface area contributed by atoms with E-state index in [4.69, 9.17) is 15.7 Å². The van der Waals surface area contributed by atoms with E-state index in [1.807, 2.05) is 0 Å². The van der Waals surface area contributed by atoms with E-state index < -0.39 is 18.4 Å². The number of hydrogen-bond acceptors (Lipinski definition) is 4. The van der Waals surface area contributed by atoms with Crippen LogP contribution < -0.4 is 0 Å². The Morgan fingerprint density at radius 2 is 2.30 bits per heavy atom. The van der Waals surface area contributed by atoms with Crippen molar-refractivity contribution in [3.05, 3.63) is 10.4 Å². The minimum absolute atomic E-state index is 0.0758. The predicted molar refractivity (Wildman–Crippen MR) is 30.9 cm³/mol. The Balaban J connectivity index is 2.56. The lowest BCUT2D eigenvalue weighted by atomic mass is 10.2. The summed E-state index contributed by atoms with van der Waals surface area (Å²) in [5.74, 6) is 0. The van der Waals surface area contributed by atoms with Crippen LogP contribution in [0.4, 0.5) is 0 Å². The topological polar surface area (TPSA) is 98.5 Å². The molecule has 0 amide bonds. The van der Waals surface area contributed by atoms with Gasteiger partial charge in [0.05, 0.1) is 12.6 Å². The van der Waals surface area contributed by atoms with Gasteiger partial charge in [0.15, 0.2) is 6.29 Å². The van der Waals surface area contributed by atoms with Crippen LogP contribution in [-0.2, 0) is 4.74 Å². The molecule has 0 aromatic heterocycles. The van der Waals surface area contributed by atoms with Gasteiger partial charge in [-0.2, -0.15) is 0 Å². The highest BCUT2D eigenvalue weighted by Crippen LogP contribution is 2.14. The molecule has 0 aliphatic carbocycles. The summed E-state index contributed by atoms with van der Waals surface area (Å²) in [7, 11) is 0. The minimum Gasteiger partial charge on any atom is -0.387 e. The molecule has 1 rings (SSSR count). The molecule has 0 spiro atoms. The Morgan fingerprint density at radius 1 is 1.60 bits per heavy atom. The standard InChI is InChI=1S/C4H7N3O3/c5-7-6-2-1-10-4(9)3(2)8/h2-4,8-9H,1H2. The van der Waals surface area contributed by atoms with Gasteiger partial charge in [-0.1, -0.05) is 5.11 Å². The SMILES string of the molecule is [N-]=[N+]=NC1COC(O)C1O. The quantitative estimate of drug-likeness (QED) is 0.292. The van der Waals surface area contributed by atoms with Gasteiger partial charge in [-0.25, -0.2) is 0 Å². The summed E-state index contributed by atoms with van der Waals surface area (Å²) in [6.07, 6.45) is -2.30. The van der Waals surface area contributed by atoms with Gasteiger partial charge in [-0.3, -0.25) is 0 Å². The number of azide groups is 1. The van der Waals surface area contributed by atoms with Crippen molar-refractivity contribution in [1.82, 2.24) is 0 Å². The zero-order chi connectivity index (χ0) is 7.56. The van der Waals surface area contributed by atoms with Crippen LogP contribution in [0.25, 0.3) is 10.4 Å². The van der Waals surface area contributed by atoms with Gasteiger partial charge in [-0.05, 0) is 5.53 Å². The second-order valence-corrected chi connectivity index (χ2v) is 1.99. The molecule has 6 nitrogen and oxygen atoms in total. The predicted octanol–water partition coefficient (Wildman–Crippen LogP) is -0.625. The number of rotatable bonds is 1. The summed E-state index contributed by atoms with van der Waals surface area (Å²) in [6.45, 7) is 0.0758. The molecular weight excluding hydrogens is 138 g/mol. The van der Waals surface area contributed by atoms with Crippen LogP contribution >= 0.6 is 0 Å². The molecule has 1 fully saturated rings. The Hall–Kier alpha value is -0.810. The monoisotopic (exact) mass is 145 g/mol. The van der Waals surface area contributed by atoms with E-state index in [0.29, 0.717) is 0 Å². The molecule has 0 saturated carbocycles. The molecule has 56 valence electrons. The van der Waals surface area contributed by atoms with Gasteiger partial charge in [0.1, 0.15) is 6.10 Å². The van der Waals surface area contributed by atoms with Crippen molar-refractivity contribution in [2.75, 3.05) is 6.61 Å². The third-order valence-corrected chi connectivity index (χ3v) is 1.32. The zero-order valence-electron chi connectivity index (χ0n) is 5.08. The fourth-order valence-electron chi connectivity index (χ4n) is 0.752. The minimum atomic E-state index is -1.21. The number of aliphatic hydroxyl groups is 2. The molecule has 6 heteroatoms. The molecule has 1 saturated heterocycles. The normalized spacial score (nSPS) is 39.2. The molecule has 3 atom stereocenters. The maximum atomic E-state index is 8.95. The van der Waals surface area contributed by atoms with E-state index in [1.165, 1.54) is 0 Å². The summed E-state index contributed by atoms with van der Waals surface area (Å²) in [5, 5.41) is 20.9. The molecule has 1 heterocycles. The van der Waals surface area contributed by atoms with E-state index in [2.05, 4.69) is 14.8 Å². The molecule has 0 radical (unpaired) electrons. The Kier molecular flexibility index (Phi) is 2.08. The van der Waals surface area contributed by atoms with Crippen molar-refractivity contribution in [2.24, 2.45) is 5.11 Å². The van der Waals surface area contributed by atoms with Crippen LogP contribution in [0.1, 0.15) is 0 Å². The van der Waals surface area contributed by atoms with Crippen LogP contribution in [0.2, 0.25) is 0 Å². The van der Waals surface area contributed by atoms with Crippen molar-refractivity contribution in [1.29, 1.82) is 0 Å². The Morgan fingerprint density at radius 3 is 2.70 bits per heavy atom. The summed E-state index contributed by atoms with van der Waals surface area (Å²) >= 11 is 0. The van der Waals surface area contributed by atoms with Crippen LogP contribution in [0, 0.1) is 0 Å². The number of aliphatic hydroxyl groups excluding tert-OH is 2. The second kappa shape index (κ2) is 2.85. The van der Waals surface area contributed by atoms with Crippen molar-refractivity contribution in [3.63, 3.8) is 0 Å². The van der Waals surface area contributed by atoms with Crippen LogP contribution in [0.15, 0.2) is 5.11 Å². The van der Waals surface area contributed by atoms with E-state index >= 15 is 0 Å². The molecule has 0 bridgehead atoms. The first kappa shape index (κ1) is 7.30. The lowest BCUT2D eigenvalue weighted by molar-refractivity contribution is -0.108. The summed E-state index contributed by atoms with van der Waals surface area (Å²) in [5.41, 5.74) is 7.94. The van der Waals surface area contributed by atoms with E-state index in [0.717, 1.165) is 0 Å². The first-order valence-electron chi connectivity index (χ1n) is 2.77. The van der Waals surface area contributed by atoms with E-state index in [1.54, 1.807) is 0 Å². The lowest BCUT2D eigenvalue weighted by Gasteiger charge is -2.06. The number of nitrogens with zero attached hydrogens (tertiary/aromatic N) is 3. The first-order chi connectivity index (χ1) is 4.75. The van der Waals surface area contributed by atoms with Gasteiger partial charge in [0, 0.05) is 4.91 Å². The number of hydrogen-bond donors (Lipinski definition) is 2. The van der Waals surface area contributed by atoms with E-state index in [-0.39, 0.29) is 6.61 Å². The zero-order valence-corrected chi connectivity index (χ0v) is 5.08. The molecule has 10 heavy (non-hydrogen) atoms. The van der Waals surface area contributed by atoms with Gasteiger partial charge in [0.2, 0.25) is 0 Å². The average Bonchev–Trinajstić information content (AvgIpc) is 2.20. The van der Waals surface area contributed by atoms with E-state index in [9.17, 15) is 0 Å². The summed E-state index contributed by atoms with van der Waals surface area (Å²) in [4.78, 5) is 2.48. The molecule has 3 unspecified atom stereocenters. The van der Waals surface area contributed by atoms with Crippen molar-refractivity contribution in [3.8, 4) is 0 Å². The van der Waals surface area contributed by atoms with Gasteiger partial charge >= 0.3 is 0 Å². The fourth-order valence-corrected chi connectivity index (χ4v) is 0.752. The van der Waals surface area contributed by atoms with Crippen LogP contribution in [0.3, 0.4) is 0 Å². The summed E-state index contributed by atoms with van der Waals surface area (Å²) in [6, 6.07) is -0.653. The Bertz CT molecular complexity index is 167. The first-order valence-corrected chi connectivity index (χ1v) is 2.77. The van der Waals surface area contributed by atoms with Crippen molar-refractivity contribution in [2.45, 2.75) is 18.4 Å².